The number of pyridine rings is 2. The van der Waals surface area contributed by atoms with Crippen LogP contribution in [0.2, 0.25) is 5.02 Å². The fourth-order valence-electron chi connectivity index (χ4n) is 2.47. The van der Waals surface area contributed by atoms with Gasteiger partial charge in [0.2, 0.25) is 0 Å². The van der Waals surface area contributed by atoms with Gasteiger partial charge in [0.1, 0.15) is 5.56 Å². The Morgan fingerprint density at radius 2 is 1.91 bits per heavy atom. The highest BCUT2D eigenvalue weighted by molar-refractivity contribution is 6.30. The van der Waals surface area contributed by atoms with Gasteiger partial charge in [-0.15, -0.1) is 0 Å². The van der Waals surface area contributed by atoms with Crippen LogP contribution in [0.25, 0.3) is 16.6 Å². The Labute approximate surface area is 137 Å². The van der Waals surface area contributed by atoms with Crippen molar-refractivity contribution in [3.05, 3.63) is 75.7 Å². The summed E-state index contributed by atoms with van der Waals surface area (Å²) in [6, 6.07) is 14.2. The normalized spacial score (nSPS) is 10.7. The van der Waals surface area contributed by atoms with E-state index in [2.05, 4.69) is 0 Å². The van der Waals surface area contributed by atoms with Crippen molar-refractivity contribution < 1.29 is 9.53 Å². The van der Waals surface area contributed by atoms with E-state index in [0.717, 1.165) is 11.1 Å². The molecule has 0 aliphatic rings. The Kier molecular flexibility index (Phi) is 4.17. The third-order valence-electron chi connectivity index (χ3n) is 3.52. The average molecular weight is 328 g/mol. The summed E-state index contributed by atoms with van der Waals surface area (Å²) < 4.78 is 6.45. The van der Waals surface area contributed by atoms with Crippen LogP contribution in [0.3, 0.4) is 0 Å². The number of rotatable bonds is 3. The summed E-state index contributed by atoms with van der Waals surface area (Å²) in [5, 5.41) is 0.622. The van der Waals surface area contributed by atoms with Crippen molar-refractivity contribution in [1.29, 1.82) is 0 Å². The van der Waals surface area contributed by atoms with E-state index in [1.807, 2.05) is 24.3 Å². The summed E-state index contributed by atoms with van der Waals surface area (Å²) >= 11 is 5.94. The summed E-state index contributed by atoms with van der Waals surface area (Å²) in [7, 11) is 0. The molecule has 0 aliphatic carbocycles. The van der Waals surface area contributed by atoms with Gasteiger partial charge in [-0.05, 0) is 42.8 Å². The van der Waals surface area contributed by atoms with E-state index in [4.69, 9.17) is 16.3 Å². The van der Waals surface area contributed by atoms with Crippen LogP contribution in [-0.4, -0.2) is 17.0 Å². The van der Waals surface area contributed by atoms with Gasteiger partial charge in [0.25, 0.3) is 5.56 Å². The van der Waals surface area contributed by atoms with Crippen LogP contribution in [0.5, 0.6) is 0 Å². The van der Waals surface area contributed by atoms with Crippen molar-refractivity contribution >= 4 is 23.1 Å². The average Bonchev–Trinajstić information content (AvgIpc) is 2.57. The van der Waals surface area contributed by atoms with E-state index in [1.165, 1.54) is 4.40 Å². The molecule has 23 heavy (non-hydrogen) atoms. The molecule has 0 radical (unpaired) electrons. The van der Waals surface area contributed by atoms with Gasteiger partial charge in [0.15, 0.2) is 0 Å². The third-order valence-corrected chi connectivity index (χ3v) is 3.78. The van der Waals surface area contributed by atoms with Crippen molar-refractivity contribution in [3.63, 3.8) is 0 Å². The molecule has 0 saturated heterocycles. The predicted molar refractivity (Wildman–Crippen MR) is 90.1 cm³/mol. The lowest BCUT2D eigenvalue weighted by atomic mass is 10.0. The number of hydrogen-bond donors (Lipinski definition) is 0. The summed E-state index contributed by atoms with van der Waals surface area (Å²) in [6.07, 6.45) is 1.64. The molecule has 0 aliphatic heterocycles. The number of nitrogens with zero attached hydrogens (tertiary/aromatic N) is 1. The van der Waals surface area contributed by atoms with Gasteiger partial charge in [-0.2, -0.15) is 0 Å². The van der Waals surface area contributed by atoms with E-state index in [0.29, 0.717) is 10.5 Å². The largest absolute Gasteiger partial charge is 0.462 e. The summed E-state index contributed by atoms with van der Waals surface area (Å²) in [5.74, 6) is -0.619. The van der Waals surface area contributed by atoms with Crippen LogP contribution in [0.1, 0.15) is 17.3 Å². The maximum absolute atomic E-state index is 12.5. The molecule has 0 amide bonds. The van der Waals surface area contributed by atoms with E-state index >= 15 is 0 Å². The van der Waals surface area contributed by atoms with E-state index in [9.17, 15) is 9.59 Å². The van der Waals surface area contributed by atoms with Crippen molar-refractivity contribution in [3.8, 4) is 11.1 Å². The zero-order chi connectivity index (χ0) is 16.4. The molecule has 0 saturated carbocycles. The fraction of sp³-hybridized carbons (Fsp3) is 0.111. The number of halogens is 1. The zero-order valence-corrected chi connectivity index (χ0v) is 13.2. The smallest absolute Gasteiger partial charge is 0.343 e. The topological polar surface area (TPSA) is 47.8 Å². The van der Waals surface area contributed by atoms with Crippen molar-refractivity contribution in [2.45, 2.75) is 6.92 Å². The number of carbonyl (C=O) groups excluding carboxylic acids is 1. The lowest BCUT2D eigenvalue weighted by molar-refractivity contribution is 0.0524. The van der Waals surface area contributed by atoms with Crippen LogP contribution >= 0.6 is 11.6 Å². The summed E-state index contributed by atoms with van der Waals surface area (Å²) in [4.78, 5) is 24.6. The molecule has 5 heteroatoms. The van der Waals surface area contributed by atoms with Crippen molar-refractivity contribution in [1.82, 2.24) is 4.40 Å². The molecule has 0 atom stereocenters. The fourth-order valence-corrected chi connectivity index (χ4v) is 2.59. The number of aromatic nitrogens is 1. The van der Waals surface area contributed by atoms with E-state index < -0.39 is 11.5 Å². The Balaban J connectivity index is 2.32. The molecule has 0 N–H and O–H groups in total. The second kappa shape index (κ2) is 6.26. The number of fused-ring (bicyclic) bond motifs is 1. The molecule has 0 unspecified atom stereocenters. The molecule has 116 valence electrons. The molecular formula is C18H14ClNO3. The first-order valence-electron chi connectivity index (χ1n) is 7.19. The first-order valence-corrected chi connectivity index (χ1v) is 7.57. The number of benzene rings is 1. The van der Waals surface area contributed by atoms with Crippen LogP contribution in [0.4, 0.5) is 0 Å². The minimum atomic E-state index is -0.619. The molecule has 0 bridgehead atoms. The molecule has 0 fully saturated rings. The second-order valence-electron chi connectivity index (χ2n) is 4.96. The Morgan fingerprint density at radius 1 is 1.17 bits per heavy atom. The van der Waals surface area contributed by atoms with Crippen LogP contribution < -0.4 is 5.56 Å². The van der Waals surface area contributed by atoms with Gasteiger partial charge in [-0.3, -0.25) is 9.20 Å². The van der Waals surface area contributed by atoms with Gasteiger partial charge < -0.3 is 4.74 Å². The summed E-state index contributed by atoms with van der Waals surface area (Å²) in [6.45, 7) is 1.92. The highest BCUT2D eigenvalue weighted by Gasteiger charge is 2.17. The predicted octanol–water partition coefficient (Wildman–Crippen LogP) is 3.80. The lowest BCUT2D eigenvalue weighted by Gasteiger charge is -2.11. The molecule has 3 rings (SSSR count). The lowest BCUT2D eigenvalue weighted by Crippen LogP contribution is -2.23. The maximum Gasteiger partial charge on any atom is 0.343 e. The minimum absolute atomic E-state index is 0.0144. The number of carbonyl (C=O) groups is 1. The Bertz CT molecular complexity index is 929. The number of esters is 1. The van der Waals surface area contributed by atoms with Gasteiger partial charge in [0, 0.05) is 16.8 Å². The van der Waals surface area contributed by atoms with Crippen LogP contribution in [0.15, 0.2) is 59.5 Å². The maximum atomic E-state index is 12.5. The van der Waals surface area contributed by atoms with Crippen LogP contribution in [0, 0.1) is 0 Å². The SMILES string of the molecule is CCOC(=O)c1cc(-c2ccc(Cl)cc2)c2ccccn2c1=O. The van der Waals surface area contributed by atoms with Crippen molar-refractivity contribution in [2.75, 3.05) is 6.61 Å². The quantitative estimate of drug-likeness (QED) is 0.687. The third kappa shape index (κ3) is 2.85. The second-order valence-corrected chi connectivity index (χ2v) is 5.40. The van der Waals surface area contributed by atoms with Gasteiger partial charge in [0.05, 0.1) is 12.1 Å². The van der Waals surface area contributed by atoms with E-state index in [1.54, 1.807) is 37.4 Å². The molecular weight excluding hydrogens is 314 g/mol. The molecule has 2 heterocycles. The van der Waals surface area contributed by atoms with Gasteiger partial charge in [-0.25, -0.2) is 4.79 Å². The first-order chi connectivity index (χ1) is 11.1. The highest BCUT2D eigenvalue weighted by atomic mass is 35.5. The van der Waals surface area contributed by atoms with Gasteiger partial charge in [-0.1, -0.05) is 29.8 Å². The highest BCUT2D eigenvalue weighted by Crippen LogP contribution is 2.26. The zero-order valence-electron chi connectivity index (χ0n) is 12.5. The monoisotopic (exact) mass is 327 g/mol. The number of hydrogen-bond acceptors (Lipinski definition) is 3. The molecule has 0 spiro atoms. The Morgan fingerprint density at radius 3 is 2.61 bits per heavy atom. The molecule has 1 aromatic carbocycles. The van der Waals surface area contributed by atoms with Gasteiger partial charge >= 0.3 is 5.97 Å². The molecule has 3 aromatic rings. The Hall–Kier alpha value is -2.59. The first kappa shape index (κ1) is 15.3. The van der Waals surface area contributed by atoms with Crippen LogP contribution in [-0.2, 0) is 4.74 Å². The van der Waals surface area contributed by atoms with E-state index in [-0.39, 0.29) is 12.2 Å². The molecule has 4 nitrogen and oxygen atoms in total. The standard InChI is InChI=1S/C18H14ClNO3/c1-2-23-18(22)15-11-14(12-6-8-13(19)9-7-12)16-5-3-4-10-20(16)17(15)21/h3-11H,2H2,1H3. The van der Waals surface area contributed by atoms with Crippen molar-refractivity contribution in [2.24, 2.45) is 0 Å². The number of ether oxygens (including phenoxy) is 1. The molecule has 2 aromatic heterocycles. The minimum Gasteiger partial charge on any atom is -0.462 e. The summed E-state index contributed by atoms with van der Waals surface area (Å²) in [5.41, 5.74) is 1.97.